The number of carbonyl (C=O) groups is 1. The summed E-state index contributed by atoms with van der Waals surface area (Å²) in [7, 11) is 0. The minimum absolute atomic E-state index is 0.0753. The lowest BCUT2D eigenvalue weighted by Crippen LogP contribution is -2.44. The van der Waals surface area contributed by atoms with Crippen molar-refractivity contribution in [1.29, 1.82) is 0 Å². The number of fused-ring (bicyclic) bond motifs is 1. The van der Waals surface area contributed by atoms with E-state index in [0.29, 0.717) is 6.04 Å². The van der Waals surface area contributed by atoms with Gasteiger partial charge in [-0.15, -0.1) is 0 Å². The third-order valence-electron chi connectivity index (χ3n) is 1.99. The molecule has 2 rings (SSSR count). The fourth-order valence-corrected chi connectivity index (χ4v) is 2.60. The summed E-state index contributed by atoms with van der Waals surface area (Å²) in [5, 5.41) is 5.88. The molecule has 13 heavy (non-hydrogen) atoms. The van der Waals surface area contributed by atoms with Crippen LogP contribution in [0.2, 0.25) is 0 Å². The van der Waals surface area contributed by atoms with E-state index in [9.17, 15) is 4.79 Å². The van der Waals surface area contributed by atoms with Gasteiger partial charge in [-0.2, -0.15) is 0 Å². The summed E-state index contributed by atoms with van der Waals surface area (Å²) in [6.07, 6.45) is 7.19. The highest BCUT2D eigenvalue weighted by atomic mass is 32.2. The molecule has 0 aromatic rings. The van der Waals surface area contributed by atoms with E-state index in [4.69, 9.17) is 5.73 Å². The number of carbonyl (C=O) groups excluding carboxylic acids is 1. The van der Waals surface area contributed by atoms with Crippen molar-refractivity contribution in [2.24, 2.45) is 5.73 Å². The molecule has 0 aromatic carbocycles. The number of nitrogens with one attached hydrogen (secondary N) is 2. The van der Waals surface area contributed by atoms with Crippen LogP contribution in [0, 0.1) is 0 Å². The number of thioether (sulfide) groups is 1. The Labute approximate surface area is 80.6 Å². The average molecular weight is 197 g/mol. The van der Waals surface area contributed by atoms with Crippen LogP contribution in [0.5, 0.6) is 0 Å². The minimum Gasteiger partial charge on any atom is -0.352 e. The summed E-state index contributed by atoms with van der Waals surface area (Å²) < 4.78 is 0. The highest BCUT2D eigenvalue weighted by molar-refractivity contribution is 8.04. The number of urea groups is 1. The maximum Gasteiger partial charge on any atom is 0.314 e. The Morgan fingerprint density at radius 2 is 2.62 bits per heavy atom. The van der Waals surface area contributed by atoms with Crippen molar-refractivity contribution in [2.75, 3.05) is 0 Å². The topological polar surface area (TPSA) is 67.2 Å². The Kier molecular flexibility index (Phi) is 2.28. The van der Waals surface area contributed by atoms with Crippen LogP contribution in [0.1, 0.15) is 6.42 Å². The van der Waals surface area contributed by atoms with E-state index < -0.39 is 6.03 Å². The Balaban J connectivity index is 1.98. The first-order chi connectivity index (χ1) is 6.25. The van der Waals surface area contributed by atoms with E-state index in [1.165, 1.54) is 4.91 Å². The van der Waals surface area contributed by atoms with Crippen molar-refractivity contribution in [3.05, 3.63) is 23.1 Å². The maximum atomic E-state index is 10.6. The summed E-state index contributed by atoms with van der Waals surface area (Å²) in [6.45, 7) is 0. The van der Waals surface area contributed by atoms with Crippen molar-refractivity contribution in [1.82, 2.24) is 10.6 Å². The summed E-state index contributed by atoms with van der Waals surface area (Å²) in [5.74, 6) is 0. The molecule has 2 atom stereocenters. The Bertz CT molecular complexity index is 287. The average Bonchev–Trinajstić information content (AvgIpc) is 2.44. The zero-order chi connectivity index (χ0) is 9.26. The van der Waals surface area contributed by atoms with Gasteiger partial charge in [-0.05, 0) is 6.42 Å². The fourth-order valence-electron chi connectivity index (χ4n) is 1.43. The van der Waals surface area contributed by atoms with E-state index >= 15 is 0 Å². The summed E-state index contributed by atoms with van der Waals surface area (Å²) in [6, 6.07) is -0.135. The molecule has 1 aliphatic heterocycles. The van der Waals surface area contributed by atoms with Gasteiger partial charge in [0.2, 0.25) is 0 Å². The molecule has 70 valence electrons. The van der Waals surface area contributed by atoms with E-state index in [-0.39, 0.29) is 5.50 Å². The molecular formula is C8H11N3OS. The lowest BCUT2D eigenvalue weighted by molar-refractivity contribution is 0.247. The quantitative estimate of drug-likeness (QED) is 0.573. The molecule has 1 fully saturated rings. The predicted molar refractivity (Wildman–Crippen MR) is 52.9 cm³/mol. The zero-order valence-corrected chi connectivity index (χ0v) is 7.80. The first kappa shape index (κ1) is 8.65. The molecule has 2 aliphatic rings. The van der Waals surface area contributed by atoms with Crippen LogP contribution < -0.4 is 16.4 Å². The molecule has 0 spiro atoms. The molecule has 0 aromatic heterocycles. The number of amides is 2. The van der Waals surface area contributed by atoms with Crippen molar-refractivity contribution in [3.8, 4) is 0 Å². The third kappa shape index (κ3) is 1.87. The molecule has 0 radical (unpaired) electrons. The number of hydrogen-bond acceptors (Lipinski definition) is 3. The SMILES string of the molecule is NC(=O)NC1NC2CC=CC=C2S1. The third-order valence-corrected chi connectivity index (χ3v) is 3.17. The number of rotatable bonds is 1. The van der Waals surface area contributed by atoms with E-state index in [0.717, 1.165) is 6.42 Å². The maximum absolute atomic E-state index is 10.6. The van der Waals surface area contributed by atoms with Crippen LogP contribution in [0.15, 0.2) is 23.1 Å². The van der Waals surface area contributed by atoms with Gasteiger partial charge in [0, 0.05) is 10.9 Å². The lowest BCUT2D eigenvalue weighted by Gasteiger charge is -2.12. The first-order valence-electron chi connectivity index (χ1n) is 4.11. The van der Waals surface area contributed by atoms with Crippen LogP contribution in [0.4, 0.5) is 4.79 Å². The largest absolute Gasteiger partial charge is 0.352 e. The molecule has 1 heterocycles. The second kappa shape index (κ2) is 3.43. The highest BCUT2D eigenvalue weighted by Crippen LogP contribution is 2.33. The van der Waals surface area contributed by atoms with Gasteiger partial charge in [0.05, 0.1) is 0 Å². The Morgan fingerprint density at radius 1 is 1.77 bits per heavy atom. The van der Waals surface area contributed by atoms with E-state index in [2.05, 4.69) is 22.8 Å². The Morgan fingerprint density at radius 3 is 3.31 bits per heavy atom. The number of allylic oxidation sites excluding steroid dienone is 2. The molecule has 4 N–H and O–H groups in total. The summed E-state index contributed by atoms with van der Waals surface area (Å²) in [5.41, 5.74) is 4.95. The van der Waals surface area contributed by atoms with Crippen molar-refractivity contribution >= 4 is 17.8 Å². The van der Waals surface area contributed by atoms with Crippen molar-refractivity contribution in [3.63, 3.8) is 0 Å². The van der Waals surface area contributed by atoms with Gasteiger partial charge in [-0.3, -0.25) is 5.32 Å². The lowest BCUT2D eigenvalue weighted by atomic mass is 10.1. The van der Waals surface area contributed by atoms with Gasteiger partial charge in [0.15, 0.2) is 0 Å². The first-order valence-corrected chi connectivity index (χ1v) is 4.99. The fraction of sp³-hybridized carbons (Fsp3) is 0.375. The molecule has 5 heteroatoms. The molecule has 2 unspecified atom stereocenters. The monoisotopic (exact) mass is 197 g/mol. The minimum atomic E-state index is -0.489. The summed E-state index contributed by atoms with van der Waals surface area (Å²) in [4.78, 5) is 11.8. The predicted octanol–water partition coefficient (Wildman–Crippen LogP) is 0.487. The van der Waals surface area contributed by atoms with Gasteiger partial charge in [-0.25, -0.2) is 4.79 Å². The summed E-state index contributed by atoms with van der Waals surface area (Å²) >= 11 is 1.61. The number of primary amides is 1. The van der Waals surface area contributed by atoms with Crippen molar-refractivity contribution in [2.45, 2.75) is 18.0 Å². The Hall–Kier alpha value is -0.940. The molecule has 0 saturated carbocycles. The molecule has 2 amide bonds. The van der Waals surface area contributed by atoms with Crippen LogP contribution in [-0.4, -0.2) is 17.6 Å². The molecule has 0 bridgehead atoms. The van der Waals surface area contributed by atoms with Gasteiger partial charge in [0.25, 0.3) is 0 Å². The molecule has 1 saturated heterocycles. The normalized spacial score (nSPS) is 30.9. The van der Waals surface area contributed by atoms with Crippen LogP contribution in [0.3, 0.4) is 0 Å². The zero-order valence-electron chi connectivity index (χ0n) is 6.99. The molecular weight excluding hydrogens is 186 g/mol. The van der Waals surface area contributed by atoms with Crippen molar-refractivity contribution < 1.29 is 4.79 Å². The molecule has 4 nitrogen and oxygen atoms in total. The van der Waals surface area contributed by atoms with E-state index in [1.807, 2.05) is 6.08 Å². The van der Waals surface area contributed by atoms with E-state index in [1.54, 1.807) is 11.8 Å². The standard InChI is InChI=1S/C8H11N3OS/c9-7(12)11-8-10-5-3-1-2-4-6(5)13-8/h1-2,4-5,8,10H,3H2,(H3,9,11,12). The van der Waals surface area contributed by atoms with Gasteiger partial charge >= 0.3 is 6.03 Å². The van der Waals surface area contributed by atoms with Crippen LogP contribution in [-0.2, 0) is 0 Å². The van der Waals surface area contributed by atoms with Gasteiger partial charge < -0.3 is 11.1 Å². The van der Waals surface area contributed by atoms with Crippen LogP contribution >= 0.6 is 11.8 Å². The highest BCUT2D eigenvalue weighted by Gasteiger charge is 2.29. The van der Waals surface area contributed by atoms with Gasteiger partial charge in [0.1, 0.15) is 5.50 Å². The number of hydrogen-bond donors (Lipinski definition) is 3. The van der Waals surface area contributed by atoms with Crippen LogP contribution in [0.25, 0.3) is 0 Å². The second-order valence-electron chi connectivity index (χ2n) is 2.96. The van der Waals surface area contributed by atoms with Gasteiger partial charge in [-0.1, -0.05) is 30.0 Å². The number of nitrogens with two attached hydrogens (primary N) is 1. The molecule has 1 aliphatic carbocycles. The second-order valence-corrected chi connectivity index (χ2v) is 4.14. The smallest absolute Gasteiger partial charge is 0.314 e.